The Hall–Kier alpha value is -0.820. The maximum Gasteiger partial charge on any atom is 0.242 e. The van der Waals surface area contributed by atoms with E-state index in [9.17, 15) is 8.42 Å². The van der Waals surface area contributed by atoms with Crippen LogP contribution in [0.15, 0.2) is 23.1 Å². The molecule has 0 bridgehead atoms. The number of anilines is 1. The molecule has 0 heterocycles. The number of halogens is 1. The number of nitrogens with one attached hydrogen (secondary N) is 1. The van der Waals surface area contributed by atoms with Crippen molar-refractivity contribution >= 4 is 27.3 Å². The minimum Gasteiger partial charge on any atom is -0.399 e. The molecule has 3 N–H and O–H groups in total. The summed E-state index contributed by atoms with van der Waals surface area (Å²) in [6.07, 6.45) is 1.56. The Kier molecular flexibility index (Phi) is 6.57. The van der Waals surface area contributed by atoms with Crippen LogP contribution in [0.25, 0.3) is 0 Å². The molecule has 0 aromatic heterocycles. The molecule has 0 spiro atoms. The lowest BCUT2D eigenvalue weighted by atomic mass is 10.3. The fraction of sp³-hybridized carbons (Fsp3) is 0.500. The maximum atomic E-state index is 12.0. The molecule has 108 valence electrons. The summed E-state index contributed by atoms with van der Waals surface area (Å²) in [6, 6.07) is 4.37. The van der Waals surface area contributed by atoms with Crippen LogP contribution in [0.4, 0.5) is 5.69 Å². The van der Waals surface area contributed by atoms with Gasteiger partial charge in [-0.1, -0.05) is 18.5 Å². The maximum absolute atomic E-state index is 12.0. The van der Waals surface area contributed by atoms with Gasteiger partial charge in [-0.05, 0) is 31.0 Å². The smallest absolute Gasteiger partial charge is 0.242 e. The molecule has 1 rings (SSSR count). The molecule has 0 aliphatic carbocycles. The van der Waals surface area contributed by atoms with Crippen molar-refractivity contribution in [2.45, 2.75) is 24.7 Å². The van der Waals surface area contributed by atoms with Gasteiger partial charge < -0.3 is 10.5 Å². The lowest BCUT2D eigenvalue weighted by Crippen LogP contribution is -2.26. The molecule has 0 aliphatic rings. The minimum atomic E-state index is -3.62. The van der Waals surface area contributed by atoms with Gasteiger partial charge in [-0.2, -0.15) is 0 Å². The number of nitrogens with two attached hydrogens (primary N) is 1. The third kappa shape index (κ3) is 5.36. The van der Waals surface area contributed by atoms with Crippen molar-refractivity contribution in [3.63, 3.8) is 0 Å². The van der Waals surface area contributed by atoms with Gasteiger partial charge in [0, 0.05) is 25.4 Å². The lowest BCUT2D eigenvalue weighted by Gasteiger charge is -2.09. The van der Waals surface area contributed by atoms with Gasteiger partial charge in [-0.25, -0.2) is 13.1 Å². The number of ether oxygens (including phenoxy) is 1. The number of benzene rings is 1. The van der Waals surface area contributed by atoms with Crippen LogP contribution in [-0.2, 0) is 14.8 Å². The largest absolute Gasteiger partial charge is 0.399 e. The second-order valence-corrected chi connectivity index (χ2v) is 6.20. The molecule has 5 nitrogen and oxygen atoms in total. The topological polar surface area (TPSA) is 81.4 Å². The Balaban J connectivity index is 2.54. The Bertz CT molecular complexity index is 506. The molecule has 0 radical (unpaired) electrons. The Labute approximate surface area is 119 Å². The quantitative estimate of drug-likeness (QED) is 0.568. The highest BCUT2D eigenvalue weighted by Crippen LogP contribution is 2.23. The fourth-order valence-corrected chi connectivity index (χ4v) is 3.04. The molecule has 19 heavy (non-hydrogen) atoms. The predicted octanol–water partition coefficient (Wildman–Crippen LogP) is 2.02. The van der Waals surface area contributed by atoms with E-state index < -0.39 is 10.0 Å². The van der Waals surface area contributed by atoms with Gasteiger partial charge >= 0.3 is 0 Å². The second kappa shape index (κ2) is 7.69. The average Bonchev–Trinajstić information content (AvgIpc) is 2.36. The summed E-state index contributed by atoms with van der Waals surface area (Å²) in [5.41, 5.74) is 5.92. The van der Waals surface area contributed by atoms with Gasteiger partial charge in [0.15, 0.2) is 0 Å². The van der Waals surface area contributed by atoms with Gasteiger partial charge in [0.2, 0.25) is 10.0 Å². The zero-order chi connectivity index (χ0) is 14.3. The van der Waals surface area contributed by atoms with Crippen molar-refractivity contribution in [2.75, 3.05) is 25.5 Å². The SMILES string of the molecule is CCCOCCCNS(=O)(=O)c1cc(N)ccc1Cl. The first kappa shape index (κ1) is 16.2. The van der Waals surface area contributed by atoms with Crippen LogP contribution in [-0.4, -0.2) is 28.2 Å². The highest BCUT2D eigenvalue weighted by atomic mass is 35.5. The van der Waals surface area contributed by atoms with E-state index in [1.807, 2.05) is 6.92 Å². The normalized spacial score (nSPS) is 11.7. The van der Waals surface area contributed by atoms with E-state index in [-0.39, 0.29) is 9.92 Å². The van der Waals surface area contributed by atoms with E-state index in [0.29, 0.717) is 31.9 Å². The summed E-state index contributed by atoms with van der Waals surface area (Å²) in [6.45, 7) is 3.54. The third-order valence-electron chi connectivity index (χ3n) is 2.35. The van der Waals surface area contributed by atoms with Crippen molar-refractivity contribution in [3.05, 3.63) is 23.2 Å². The second-order valence-electron chi connectivity index (χ2n) is 4.05. The zero-order valence-electron chi connectivity index (χ0n) is 10.9. The van der Waals surface area contributed by atoms with E-state index in [1.165, 1.54) is 12.1 Å². The summed E-state index contributed by atoms with van der Waals surface area (Å²) in [5, 5.41) is 0.156. The standard InChI is InChI=1S/C12H19ClN2O3S/c1-2-7-18-8-3-6-15-19(16,17)12-9-10(14)4-5-11(12)13/h4-5,9,15H,2-3,6-8,14H2,1H3. The average molecular weight is 307 g/mol. The molecule has 0 amide bonds. The summed E-state index contributed by atoms with van der Waals surface area (Å²) >= 11 is 5.86. The highest BCUT2D eigenvalue weighted by molar-refractivity contribution is 7.89. The summed E-state index contributed by atoms with van der Waals surface area (Å²) < 4.78 is 31.7. The number of nitrogen functional groups attached to an aromatic ring is 1. The third-order valence-corrected chi connectivity index (χ3v) is 4.29. The first-order chi connectivity index (χ1) is 8.97. The van der Waals surface area contributed by atoms with Crippen LogP contribution in [0.5, 0.6) is 0 Å². The van der Waals surface area contributed by atoms with Crippen LogP contribution in [0.2, 0.25) is 5.02 Å². The first-order valence-electron chi connectivity index (χ1n) is 6.10. The molecule has 1 aromatic rings. The Morgan fingerprint density at radius 1 is 1.37 bits per heavy atom. The van der Waals surface area contributed by atoms with Crippen molar-refractivity contribution in [1.29, 1.82) is 0 Å². The Morgan fingerprint density at radius 2 is 2.11 bits per heavy atom. The molecule has 0 aliphatic heterocycles. The van der Waals surface area contributed by atoms with Gasteiger partial charge in [-0.3, -0.25) is 0 Å². The van der Waals surface area contributed by atoms with Gasteiger partial charge in [0.1, 0.15) is 4.90 Å². The monoisotopic (exact) mass is 306 g/mol. The predicted molar refractivity (Wildman–Crippen MR) is 76.8 cm³/mol. The van der Waals surface area contributed by atoms with Crippen molar-refractivity contribution in [2.24, 2.45) is 0 Å². The van der Waals surface area contributed by atoms with Gasteiger partial charge in [0.05, 0.1) is 5.02 Å². The van der Waals surface area contributed by atoms with Gasteiger partial charge in [-0.15, -0.1) is 0 Å². The summed E-state index contributed by atoms with van der Waals surface area (Å²) in [7, 11) is -3.62. The van der Waals surface area contributed by atoms with Crippen molar-refractivity contribution in [1.82, 2.24) is 4.72 Å². The molecule has 7 heteroatoms. The van der Waals surface area contributed by atoms with Crippen LogP contribution in [0.3, 0.4) is 0 Å². The number of rotatable bonds is 8. The molecule has 0 atom stereocenters. The molecular formula is C12H19ClN2O3S. The molecule has 1 aromatic carbocycles. The highest BCUT2D eigenvalue weighted by Gasteiger charge is 2.17. The summed E-state index contributed by atoms with van der Waals surface area (Å²) in [5.74, 6) is 0. The van der Waals surface area contributed by atoms with E-state index in [0.717, 1.165) is 6.42 Å². The minimum absolute atomic E-state index is 0.00337. The molecule has 0 saturated carbocycles. The zero-order valence-corrected chi connectivity index (χ0v) is 12.4. The first-order valence-corrected chi connectivity index (χ1v) is 7.96. The fourth-order valence-electron chi connectivity index (χ4n) is 1.43. The molecule has 0 fully saturated rings. The van der Waals surface area contributed by atoms with E-state index >= 15 is 0 Å². The van der Waals surface area contributed by atoms with E-state index in [2.05, 4.69) is 4.72 Å². The molecule has 0 saturated heterocycles. The van der Waals surface area contributed by atoms with Crippen molar-refractivity contribution < 1.29 is 13.2 Å². The van der Waals surface area contributed by atoms with Crippen molar-refractivity contribution in [3.8, 4) is 0 Å². The Morgan fingerprint density at radius 3 is 2.79 bits per heavy atom. The summed E-state index contributed by atoms with van der Waals surface area (Å²) in [4.78, 5) is 0.00337. The van der Waals surface area contributed by atoms with E-state index in [4.69, 9.17) is 22.1 Å². The number of hydrogen-bond acceptors (Lipinski definition) is 4. The van der Waals surface area contributed by atoms with Gasteiger partial charge in [0.25, 0.3) is 0 Å². The number of sulfonamides is 1. The van der Waals surface area contributed by atoms with E-state index in [1.54, 1.807) is 6.07 Å². The lowest BCUT2D eigenvalue weighted by molar-refractivity contribution is 0.133. The molecular weight excluding hydrogens is 288 g/mol. The number of hydrogen-bond donors (Lipinski definition) is 2. The van der Waals surface area contributed by atoms with Crippen LogP contribution in [0.1, 0.15) is 19.8 Å². The van der Waals surface area contributed by atoms with Crippen LogP contribution >= 0.6 is 11.6 Å². The van der Waals surface area contributed by atoms with Crippen LogP contribution < -0.4 is 10.5 Å². The molecule has 0 unspecified atom stereocenters. The van der Waals surface area contributed by atoms with Crippen LogP contribution in [0, 0.1) is 0 Å².